The fourth-order valence-corrected chi connectivity index (χ4v) is 3.45. The molecule has 3 aromatic rings. The van der Waals surface area contributed by atoms with Crippen molar-refractivity contribution in [3.63, 3.8) is 0 Å². The Bertz CT molecular complexity index is 1060. The van der Waals surface area contributed by atoms with E-state index >= 15 is 0 Å². The number of rotatable bonds is 7. The third kappa shape index (κ3) is 5.15. The number of benzene rings is 3. The van der Waals surface area contributed by atoms with E-state index in [9.17, 15) is 9.18 Å². The maximum Gasteiger partial charge on any atom is 0.338 e. The van der Waals surface area contributed by atoms with E-state index in [1.807, 2.05) is 45.3 Å². The van der Waals surface area contributed by atoms with Crippen molar-refractivity contribution < 1.29 is 13.9 Å². The molecular weight excluding hydrogens is 393 g/mol. The number of hydrogen-bond acceptors (Lipinski definition) is 5. The predicted molar refractivity (Wildman–Crippen MR) is 125 cm³/mol. The van der Waals surface area contributed by atoms with Gasteiger partial charge in [-0.15, -0.1) is 0 Å². The van der Waals surface area contributed by atoms with Gasteiger partial charge in [0.25, 0.3) is 0 Å². The average Bonchev–Trinajstić information content (AvgIpc) is 2.73. The topological polar surface area (TPSA) is 44.8 Å². The number of esters is 1. The van der Waals surface area contributed by atoms with Crippen LogP contribution in [0.25, 0.3) is 11.1 Å². The van der Waals surface area contributed by atoms with Gasteiger partial charge in [-0.25, -0.2) is 9.18 Å². The molecule has 0 aromatic heterocycles. The Hall–Kier alpha value is -3.54. The van der Waals surface area contributed by atoms with Gasteiger partial charge in [0.2, 0.25) is 0 Å². The van der Waals surface area contributed by atoms with E-state index in [1.165, 1.54) is 6.07 Å². The molecule has 0 aliphatic carbocycles. The molecule has 0 radical (unpaired) electrons. The molecule has 0 aliphatic rings. The smallest absolute Gasteiger partial charge is 0.338 e. The summed E-state index contributed by atoms with van der Waals surface area (Å²) in [6.45, 7) is 4.14. The van der Waals surface area contributed by atoms with Gasteiger partial charge in [0.05, 0.1) is 23.5 Å². The van der Waals surface area contributed by atoms with Crippen molar-refractivity contribution in [1.29, 1.82) is 0 Å². The fraction of sp³-hybridized carbons (Fsp3) is 0.240. The molecule has 0 amide bonds. The van der Waals surface area contributed by atoms with Crippen LogP contribution in [0.2, 0.25) is 0 Å². The van der Waals surface area contributed by atoms with E-state index in [0.717, 1.165) is 28.1 Å². The van der Waals surface area contributed by atoms with Crippen LogP contribution in [-0.4, -0.2) is 33.7 Å². The molecule has 31 heavy (non-hydrogen) atoms. The van der Waals surface area contributed by atoms with Crippen molar-refractivity contribution >= 4 is 23.0 Å². The Kier molecular flexibility index (Phi) is 6.80. The van der Waals surface area contributed by atoms with Gasteiger partial charge in [0.1, 0.15) is 5.82 Å². The maximum atomic E-state index is 14.9. The number of halogens is 1. The molecule has 0 heterocycles. The second kappa shape index (κ2) is 9.51. The molecule has 0 fully saturated rings. The lowest BCUT2D eigenvalue weighted by atomic mass is 10.0. The number of aryl methyl sites for hydroxylation is 1. The number of nitrogens with zero attached hydrogens (tertiary/aromatic N) is 2. The molecule has 3 aromatic carbocycles. The van der Waals surface area contributed by atoms with Crippen LogP contribution >= 0.6 is 0 Å². The van der Waals surface area contributed by atoms with E-state index in [0.29, 0.717) is 17.9 Å². The standard InChI is InChI=1S/C25H28FN3O2/c1-6-31-25(30)19-9-7-18(8-10-19)20-11-13-24(22(26)16-20)29(5)27-21-12-14-23(28(3)4)17(2)15-21/h7-16,27H,6H2,1-5H3. The van der Waals surface area contributed by atoms with Crippen molar-refractivity contribution in [2.24, 2.45) is 0 Å². The van der Waals surface area contributed by atoms with E-state index in [2.05, 4.69) is 10.3 Å². The molecule has 162 valence electrons. The van der Waals surface area contributed by atoms with Gasteiger partial charge < -0.3 is 9.64 Å². The first-order valence-corrected chi connectivity index (χ1v) is 10.2. The lowest BCUT2D eigenvalue weighted by molar-refractivity contribution is 0.0526. The Balaban J connectivity index is 1.76. The minimum atomic E-state index is -0.364. The Morgan fingerprint density at radius 1 is 0.935 bits per heavy atom. The van der Waals surface area contributed by atoms with Gasteiger partial charge in [-0.2, -0.15) is 0 Å². The zero-order valence-electron chi connectivity index (χ0n) is 18.6. The molecule has 3 rings (SSSR count). The molecule has 1 N–H and O–H groups in total. The summed E-state index contributed by atoms with van der Waals surface area (Å²) < 4.78 is 19.9. The van der Waals surface area contributed by atoms with Crippen molar-refractivity contribution in [1.82, 2.24) is 0 Å². The minimum Gasteiger partial charge on any atom is -0.462 e. The number of hydrazine groups is 1. The second-order valence-corrected chi connectivity index (χ2v) is 7.53. The van der Waals surface area contributed by atoms with Crippen LogP contribution in [0.1, 0.15) is 22.8 Å². The zero-order chi connectivity index (χ0) is 22.5. The highest BCUT2D eigenvalue weighted by Crippen LogP contribution is 2.28. The molecular formula is C25H28FN3O2. The highest BCUT2D eigenvalue weighted by Gasteiger charge is 2.12. The first kappa shape index (κ1) is 22.2. The van der Waals surface area contributed by atoms with E-state index < -0.39 is 0 Å². The van der Waals surface area contributed by atoms with Crippen molar-refractivity contribution in [2.75, 3.05) is 43.1 Å². The van der Waals surface area contributed by atoms with Crippen LogP contribution < -0.4 is 15.3 Å². The first-order chi connectivity index (χ1) is 14.8. The van der Waals surface area contributed by atoms with Crippen molar-refractivity contribution in [2.45, 2.75) is 13.8 Å². The number of ether oxygens (including phenoxy) is 1. The van der Waals surface area contributed by atoms with Gasteiger partial charge in [-0.1, -0.05) is 18.2 Å². The van der Waals surface area contributed by atoms with Crippen LogP contribution in [0.4, 0.5) is 21.5 Å². The summed E-state index contributed by atoms with van der Waals surface area (Å²) in [5, 5.41) is 1.66. The summed E-state index contributed by atoms with van der Waals surface area (Å²) in [6, 6.07) is 18.1. The van der Waals surface area contributed by atoms with E-state index in [1.54, 1.807) is 49.3 Å². The Morgan fingerprint density at radius 3 is 2.16 bits per heavy atom. The van der Waals surface area contributed by atoms with Crippen LogP contribution in [0, 0.1) is 12.7 Å². The predicted octanol–water partition coefficient (Wildman–Crippen LogP) is 5.51. The van der Waals surface area contributed by atoms with Gasteiger partial charge >= 0.3 is 5.97 Å². The highest BCUT2D eigenvalue weighted by atomic mass is 19.1. The molecule has 0 bridgehead atoms. The number of carbonyl (C=O) groups is 1. The molecule has 0 atom stereocenters. The van der Waals surface area contributed by atoms with Gasteiger partial charge in [0.15, 0.2) is 0 Å². The third-order valence-corrected chi connectivity index (χ3v) is 5.01. The summed E-state index contributed by atoms with van der Waals surface area (Å²) in [5.41, 5.74) is 8.83. The first-order valence-electron chi connectivity index (χ1n) is 10.2. The largest absolute Gasteiger partial charge is 0.462 e. The van der Waals surface area contributed by atoms with Gasteiger partial charge in [0, 0.05) is 26.8 Å². The lowest BCUT2D eigenvalue weighted by Gasteiger charge is -2.24. The Labute approximate surface area is 183 Å². The van der Waals surface area contributed by atoms with Crippen molar-refractivity contribution in [3.8, 4) is 11.1 Å². The van der Waals surface area contributed by atoms with Crippen LogP contribution in [-0.2, 0) is 4.74 Å². The van der Waals surface area contributed by atoms with E-state index in [-0.39, 0.29) is 11.8 Å². The fourth-order valence-electron chi connectivity index (χ4n) is 3.45. The van der Waals surface area contributed by atoms with Gasteiger partial charge in [-0.3, -0.25) is 10.4 Å². The summed E-state index contributed by atoms with van der Waals surface area (Å²) in [5.74, 6) is -0.708. The Morgan fingerprint density at radius 2 is 1.58 bits per heavy atom. The molecule has 6 heteroatoms. The molecule has 0 aliphatic heterocycles. The molecule has 0 unspecified atom stereocenters. The highest BCUT2D eigenvalue weighted by molar-refractivity contribution is 5.90. The van der Waals surface area contributed by atoms with Crippen LogP contribution in [0.3, 0.4) is 0 Å². The number of anilines is 3. The molecule has 0 spiro atoms. The summed E-state index contributed by atoms with van der Waals surface area (Å²) in [4.78, 5) is 13.8. The normalized spacial score (nSPS) is 10.5. The summed E-state index contributed by atoms with van der Waals surface area (Å²) in [7, 11) is 5.78. The SMILES string of the molecule is CCOC(=O)c1ccc(-c2ccc(N(C)Nc3ccc(N(C)C)c(C)c3)c(F)c2)cc1. The second-order valence-electron chi connectivity index (χ2n) is 7.53. The summed E-state index contributed by atoms with van der Waals surface area (Å²) >= 11 is 0. The maximum absolute atomic E-state index is 14.9. The molecule has 0 saturated heterocycles. The third-order valence-electron chi connectivity index (χ3n) is 5.01. The quantitative estimate of drug-likeness (QED) is 0.403. The summed E-state index contributed by atoms with van der Waals surface area (Å²) in [6.07, 6.45) is 0. The number of hydrogen-bond donors (Lipinski definition) is 1. The zero-order valence-corrected chi connectivity index (χ0v) is 18.6. The number of nitrogens with one attached hydrogen (secondary N) is 1. The number of carbonyl (C=O) groups excluding carboxylic acids is 1. The monoisotopic (exact) mass is 421 g/mol. The van der Waals surface area contributed by atoms with Crippen LogP contribution in [0.15, 0.2) is 60.7 Å². The van der Waals surface area contributed by atoms with Crippen LogP contribution in [0.5, 0.6) is 0 Å². The molecule has 5 nitrogen and oxygen atoms in total. The van der Waals surface area contributed by atoms with Gasteiger partial charge in [-0.05, 0) is 73.0 Å². The van der Waals surface area contributed by atoms with Crippen molar-refractivity contribution in [3.05, 3.63) is 77.6 Å². The minimum absolute atomic E-state index is 0.328. The average molecular weight is 422 g/mol. The lowest BCUT2D eigenvalue weighted by Crippen LogP contribution is -2.25. The van der Waals surface area contributed by atoms with E-state index in [4.69, 9.17) is 4.74 Å². The molecule has 0 saturated carbocycles.